The highest BCUT2D eigenvalue weighted by atomic mass is 16.1. The topological polar surface area (TPSA) is 60.1 Å². The summed E-state index contributed by atoms with van der Waals surface area (Å²) in [6.45, 7) is 8.33. The second kappa shape index (κ2) is 7.92. The minimum atomic E-state index is -0.115. The van der Waals surface area contributed by atoms with Gasteiger partial charge in [0.1, 0.15) is 11.5 Å². The normalized spacial score (nSPS) is 16.8. The third-order valence-electron chi connectivity index (χ3n) is 4.43. The van der Waals surface area contributed by atoms with Gasteiger partial charge in [-0.1, -0.05) is 18.9 Å². The Kier molecular flexibility index (Phi) is 5.43. The summed E-state index contributed by atoms with van der Waals surface area (Å²) >= 11 is 0. The lowest BCUT2D eigenvalue weighted by molar-refractivity contribution is 0.519. The molecule has 0 saturated heterocycles. The zero-order valence-electron chi connectivity index (χ0n) is 15.2. The molecule has 1 aliphatic heterocycles. The quantitative estimate of drug-likeness (QED) is 0.618. The molecule has 2 aromatic heterocycles. The molecule has 0 amide bonds. The molecule has 132 valence electrons. The molecule has 1 unspecified atom stereocenters. The molecule has 0 radical (unpaired) electrons. The molecule has 0 aromatic carbocycles. The Balaban J connectivity index is 2.02. The van der Waals surface area contributed by atoms with Crippen LogP contribution < -0.4 is 5.56 Å². The third kappa shape index (κ3) is 3.97. The molecule has 0 bridgehead atoms. The van der Waals surface area contributed by atoms with E-state index in [-0.39, 0.29) is 5.56 Å². The van der Waals surface area contributed by atoms with Gasteiger partial charge in [0.15, 0.2) is 5.69 Å². The molecule has 2 aromatic rings. The Morgan fingerprint density at radius 3 is 3.04 bits per heavy atom. The lowest BCUT2D eigenvalue weighted by Crippen LogP contribution is -2.25. The van der Waals surface area contributed by atoms with Crippen molar-refractivity contribution in [3.8, 4) is 11.8 Å². The van der Waals surface area contributed by atoms with Crippen LogP contribution in [-0.2, 0) is 13.0 Å². The fraction of sp³-hybridized carbons (Fsp3) is 0.333. The second-order valence-electron chi connectivity index (χ2n) is 6.62. The molecular formula is C21H22N4O. The fourth-order valence-electron chi connectivity index (χ4n) is 3.09. The standard InChI is InChI=1S/C21H22N4O/c1-15-7-6-12-25-19(14-15)24-18(20(22-3)21(25)26)13-16(2)9-10-17-8-4-5-11-23-17/h4-5,8,11,13,15H,3,6-7,12,14H2,1-2H3/b16-13+. The smallest absolute Gasteiger partial charge is 0.279 e. The molecule has 1 aliphatic rings. The number of aromatic nitrogens is 3. The van der Waals surface area contributed by atoms with Crippen LogP contribution in [0.1, 0.15) is 43.9 Å². The maximum atomic E-state index is 12.8. The van der Waals surface area contributed by atoms with E-state index in [2.05, 4.69) is 35.5 Å². The first-order valence-electron chi connectivity index (χ1n) is 8.80. The molecule has 0 spiro atoms. The molecule has 3 rings (SSSR count). The van der Waals surface area contributed by atoms with Crippen molar-refractivity contribution in [3.63, 3.8) is 0 Å². The van der Waals surface area contributed by atoms with Gasteiger partial charge in [0, 0.05) is 24.7 Å². The summed E-state index contributed by atoms with van der Waals surface area (Å²) in [5.74, 6) is 7.40. The highest BCUT2D eigenvalue weighted by Crippen LogP contribution is 2.21. The molecule has 5 heteroatoms. The van der Waals surface area contributed by atoms with E-state index in [1.165, 1.54) is 0 Å². The largest absolute Gasteiger partial charge is 0.295 e. The van der Waals surface area contributed by atoms with Crippen molar-refractivity contribution in [2.75, 3.05) is 0 Å². The summed E-state index contributed by atoms with van der Waals surface area (Å²) < 4.78 is 1.75. The monoisotopic (exact) mass is 346 g/mol. The molecule has 0 aliphatic carbocycles. The number of hydrogen-bond acceptors (Lipinski definition) is 4. The van der Waals surface area contributed by atoms with Crippen LogP contribution in [0.25, 0.3) is 6.08 Å². The number of nitrogens with zero attached hydrogens (tertiary/aromatic N) is 4. The van der Waals surface area contributed by atoms with Gasteiger partial charge in [-0.2, -0.15) is 0 Å². The van der Waals surface area contributed by atoms with Crippen molar-refractivity contribution < 1.29 is 0 Å². The van der Waals surface area contributed by atoms with Crippen molar-refractivity contribution in [1.29, 1.82) is 0 Å². The van der Waals surface area contributed by atoms with Crippen LogP contribution in [0.5, 0.6) is 0 Å². The van der Waals surface area contributed by atoms with Gasteiger partial charge in [0.05, 0.1) is 5.69 Å². The molecule has 3 heterocycles. The molecule has 5 nitrogen and oxygen atoms in total. The Labute approximate surface area is 153 Å². The van der Waals surface area contributed by atoms with Crippen LogP contribution in [0.3, 0.4) is 0 Å². The van der Waals surface area contributed by atoms with E-state index in [9.17, 15) is 4.79 Å². The van der Waals surface area contributed by atoms with Gasteiger partial charge in [0.25, 0.3) is 5.56 Å². The van der Waals surface area contributed by atoms with Crippen molar-refractivity contribution in [3.05, 3.63) is 57.5 Å². The Morgan fingerprint density at radius 2 is 2.31 bits per heavy atom. The van der Waals surface area contributed by atoms with Crippen LogP contribution in [0.4, 0.5) is 5.69 Å². The van der Waals surface area contributed by atoms with Gasteiger partial charge in [-0.3, -0.25) is 14.4 Å². The van der Waals surface area contributed by atoms with Gasteiger partial charge < -0.3 is 0 Å². The molecule has 1 atom stereocenters. The van der Waals surface area contributed by atoms with Gasteiger partial charge in [-0.25, -0.2) is 9.97 Å². The Morgan fingerprint density at radius 1 is 1.46 bits per heavy atom. The van der Waals surface area contributed by atoms with Crippen LogP contribution >= 0.6 is 0 Å². The summed E-state index contributed by atoms with van der Waals surface area (Å²) in [5.41, 5.74) is 2.21. The van der Waals surface area contributed by atoms with Crippen molar-refractivity contribution in [1.82, 2.24) is 14.5 Å². The second-order valence-corrected chi connectivity index (χ2v) is 6.62. The van der Waals surface area contributed by atoms with Crippen LogP contribution in [0.15, 0.2) is 39.8 Å². The predicted molar refractivity (Wildman–Crippen MR) is 105 cm³/mol. The summed E-state index contributed by atoms with van der Waals surface area (Å²) in [5, 5.41) is 0. The Hall–Kier alpha value is -3.00. The first-order chi connectivity index (χ1) is 12.6. The van der Waals surface area contributed by atoms with Crippen molar-refractivity contribution in [2.45, 2.75) is 39.7 Å². The van der Waals surface area contributed by atoms with E-state index in [1.807, 2.05) is 25.1 Å². The number of hydrogen-bond donors (Lipinski definition) is 0. The van der Waals surface area contributed by atoms with E-state index in [0.717, 1.165) is 30.7 Å². The maximum Gasteiger partial charge on any atom is 0.279 e. The van der Waals surface area contributed by atoms with E-state index in [1.54, 1.807) is 16.8 Å². The predicted octanol–water partition coefficient (Wildman–Crippen LogP) is 3.40. The lowest BCUT2D eigenvalue weighted by atomic mass is 10.0. The SMILES string of the molecule is C=Nc1c(/C=C(\C)C#Cc2ccccn2)nc2n(c1=O)CCCC(C)C2. The summed E-state index contributed by atoms with van der Waals surface area (Å²) in [6, 6.07) is 5.60. The maximum absolute atomic E-state index is 12.8. The molecular weight excluding hydrogens is 324 g/mol. The first-order valence-corrected chi connectivity index (χ1v) is 8.80. The highest BCUT2D eigenvalue weighted by Gasteiger charge is 2.19. The first kappa shape index (κ1) is 17.8. The van der Waals surface area contributed by atoms with Gasteiger partial charge in [-0.15, -0.1) is 0 Å². The Bertz CT molecular complexity index is 961. The molecule has 0 fully saturated rings. The zero-order valence-corrected chi connectivity index (χ0v) is 15.2. The van der Waals surface area contributed by atoms with Crippen LogP contribution in [0, 0.1) is 17.8 Å². The highest BCUT2D eigenvalue weighted by molar-refractivity contribution is 5.66. The summed E-state index contributed by atoms with van der Waals surface area (Å²) in [6.07, 6.45) is 6.39. The number of aliphatic imine (C=N–C) groups is 1. The van der Waals surface area contributed by atoms with E-state index in [0.29, 0.717) is 29.5 Å². The van der Waals surface area contributed by atoms with Crippen LogP contribution in [0.2, 0.25) is 0 Å². The van der Waals surface area contributed by atoms with Crippen molar-refractivity contribution in [2.24, 2.45) is 10.9 Å². The van der Waals surface area contributed by atoms with Crippen molar-refractivity contribution >= 4 is 18.5 Å². The minimum absolute atomic E-state index is 0.115. The molecule has 0 saturated carbocycles. The third-order valence-corrected chi connectivity index (χ3v) is 4.43. The lowest BCUT2D eigenvalue weighted by Gasteiger charge is -2.12. The molecule has 0 N–H and O–H groups in total. The molecule has 26 heavy (non-hydrogen) atoms. The van der Waals surface area contributed by atoms with E-state index in [4.69, 9.17) is 4.98 Å². The minimum Gasteiger partial charge on any atom is -0.295 e. The zero-order chi connectivity index (χ0) is 18.5. The number of rotatable bonds is 2. The van der Waals surface area contributed by atoms with E-state index >= 15 is 0 Å². The number of allylic oxidation sites excluding steroid dienone is 1. The van der Waals surface area contributed by atoms with Gasteiger partial charge in [0.2, 0.25) is 0 Å². The van der Waals surface area contributed by atoms with Gasteiger partial charge in [-0.05, 0) is 56.5 Å². The fourth-order valence-corrected chi connectivity index (χ4v) is 3.09. The number of pyridine rings is 1. The van der Waals surface area contributed by atoms with Crippen LogP contribution in [-0.4, -0.2) is 21.3 Å². The number of fused-ring (bicyclic) bond motifs is 1. The summed E-state index contributed by atoms with van der Waals surface area (Å²) in [7, 11) is 0. The average molecular weight is 346 g/mol. The van der Waals surface area contributed by atoms with Gasteiger partial charge >= 0.3 is 0 Å². The average Bonchev–Trinajstić information content (AvgIpc) is 2.82. The van der Waals surface area contributed by atoms with E-state index < -0.39 is 0 Å². The summed E-state index contributed by atoms with van der Waals surface area (Å²) in [4.78, 5) is 25.7.